The van der Waals surface area contributed by atoms with Crippen molar-refractivity contribution in [2.45, 2.75) is 0 Å². The molecule has 0 heterocycles. The zero-order valence-electron chi connectivity index (χ0n) is 14.7. The van der Waals surface area contributed by atoms with Gasteiger partial charge in [0, 0.05) is 6.21 Å². The summed E-state index contributed by atoms with van der Waals surface area (Å²) >= 11 is 0. The van der Waals surface area contributed by atoms with Crippen molar-refractivity contribution in [3.05, 3.63) is 54.1 Å². The largest absolute Gasteiger partial charge is 0.514 e. The van der Waals surface area contributed by atoms with Gasteiger partial charge in [0.05, 0.1) is 5.69 Å². The molecular formula is C21H15NO6. The van der Waals surface area contributed by atoms with E-state index in [0.717, 1.165) is 5.56 Å². The van der Waals surface area contributed by atoms with Crippen molar-refractivity contribution in [2.24, 2.45) is 4.99 Å². The van der Waals surface area contributed by atoms with Crippen molar-refractivity contribution < 1.29 is 28.5 Å². The number of aliphatic imine (C=N–C) groups is 1. The zero-order chi connectivity index (χ0) is 20.2. The minimum absolute atomic E-state index is 0.153. The van der Waals surface area contributed by atoms with E-state index in [9.17, 15) is 9.59 Å². The van der Waals surface area contributed by atoms with Crippen LogP contribution in [0.2, 0.25) is 0 Å². The van der Waals surface area contributed by atoms with Gasteiger partial charge in [-0.25, -0.2) is 9.59 Å². The molecule has 2 rings (SSSR count). The molecule has 0 atom stereocenters. The molecule has 0 aliphatic carbocycles. The molecule has 0 aliphatic rings. The molecule has 0 aromatic heterocycles. The Kier molecular flexibility index (Phi) is 7.67. The zero-order valence-corrected chi connectivity index (χ0v) is 14.7. The summed E-state index contributed by atoms with van der Waals surface area (Å²) in [6.45, 7) is -0.309. The second kappa shape index (κ2) is 10.7. The van der Waals surface area contributed by atoms with Crippen molar-refractivity contribution >= 4 is 24.2 Å². The van der Waals surface area contributed by atoms with Crippen LogP contribution in [0.15, 0.2) is 53.5 Å². The molecule has 0 N–H and O–H groups in total. The van der Waals surface area contributed by atoms with Crippen LogP contribution in [0.4, 0.5) is 15.3 Å². The molecule has 0 amide bonds. The third kappa shape index (κ3) is 6.95. The highest BCUT2D eigenvalue weighted by atomic mass is 16.7. The number of hydrogen-bond acceptors (Lipinski definition) is 7. The molecule has 140 valence electrons. The van der Waals surface area contributed by atoms with Crippen LogP contribution in [0.25, 0.3) is 0 Å². The maximum atomic E-state index is 11.3. The lowest BCUT2D eigenvalue weighted by Crippen LogP contribution is -2.10. The quantitative estimate of drug-likeness (QED) is 0.330. The summed E-state index contributed by atoms with van der Waals surface area (Å²) in [4.78, 5) is 26.9. The van der Waals surface area contributed by atoms with Gasteiger partial charge in [-0.15, -0.1) is 12.8 Å². The molecule has 7 nitrogen and oxygen atoms in total. The molecule has 0 spiro atoms. The van der Waals surface area contributed by atoms with Crippen molar-refractivity contribution in [2.75, 3.05) is 13.2 Å². The molecular weight excluding hydrogens is 362 g/mol. The Morgan fingerprint density at radius 1 is 0.821 bits per heavy atom. The third-order valence-corrected chi connectivity index (χ3v) is 3.03. The summed E-state index contributed by atoms with van der Waals surface area (Å²) in [6, 6.07) is 13.1. The summed E-state index contributed by atoms with van der Waals surface area (Å²) in [5, 5.41) is 0. The third-order valence-electron chi connectivity index (χ3n) is 3.03. The molecule has 0 saturated carbocycles. The van der Waals surface area contributed by atoms with Crippen molar-refractivity contribution in [1.82, 2.24) is 0 Å². The first-order valence-corrected chi connectivity index (χ1v) is 7.91. The summed E-state index contributed by atoms with van der Waals surface area (Å²) < 4.78 is 19.1. The molecule has 7 heteroatoms. The summed E-state index contributed by atoms with van der Waals surface area (Å²) in [6.07, 6.45) is 9.85. The second-order valence-electron chi connectivity index (χ2n) is 5.01. The Morgan fingerprint density at radius 3 is 1.75 bits per heavy atom. The van der Waals surface area contributed by atoms with Crippen LogP contribution in [0.1, 0.15) is 5.56 Å². The first-order chi connectivity index (χ1) is 13.6. The maximum Gasteiger partial charge on any atom is 0.514 e. The number of carbonyl (C=O) groups excluding carboxylic acids is 2. The fourth-order valence-corrected chi connectivity index (χ4v) is 1.82. The van der Waals surface area contributed by atoms with Gasteiger partial charge in [0.2, 0.25) is 0 Å². The van der Waals surface area contributed by atoms with Crippen molar-refractivity contribution in [3.8, 4) is 36.2 Å². The van der Waals surface area contributed by atoms with Crippen LogP contribution in [0, 0.1) is 24.7 Å². The SMILES string of the molecule is C#CCOC(=O)Oc1ccc(C=Nc2ccc(OC(=O)OCC#C)cc2)cc1. The molecule has 28 heavy (non-hydrogen) atoms. The van der Waals surface area contributed by atoms with E-state index in [4.69, 9.17) is 22.3 Å². The standard InChI is InChI=1S/C21H15NO6/c1-3-13-25-20(23)27-18-9-5-16(6-10-18)15-22-17-7-11-19(12-8-17)28-21(24)26-14-4-2/h1-2,5-12,15H,13-14H2. The van der Waals surface area contributed by atoms with Crippen LogP contribution in [0.3, 0.4) is 0 Å². The van der Waals surface area contributed by atoms with Gasteiger partial charge >= 0.3 is 12.3 Å². The summed E-state index contributed by atoms with van der Waals surface area (Å²) in [5.41, 5.74) is 1.42. The molecule has 2 aromatic carbocycles. The first-order valence-electron chi connectivity index (χ1n) is 7.91. The molecule has 0 radical (unpaired) electrons. The minimum Gasteiger partial charge on any atom is -0.421 e. The number of benzene rings is 2. The van der Waals surface area contributed by atoms with E-state index in [1.165, 1.54) is 0 Å². The topological polar surface area (TPSA) is 83.4 Å². The number of carbonyl (C=O) groups is 2. The molecule has 0 fully saturated rings. The summed E-state index contributed by atoms with van der Waals surface area (Å²) in [5.74, 6) is 4.96. The van der Waals surface area contributed by atoms with E-state index >= 15 is 0 Å². The van der Waals surface area contributed by atoms with E-state index in [0.29, 0.717) is 17.2 Å². The number of rotatable bonds is 6. The number of ether oxygens (including phenoxy) is 4. The predicted molar refractivity (Wildman–Crippen MR) is 102 cm³/mol. The lowest BCUT2D eigenvalue weighted by Gasteiger charge is -2.04. The van der Waals surface area contributed by atoms with Gasteiger partial charge in [-0.3, -0.25) is 4.99 Å². The molecule has 0 saturated heterocycles. The van der Waals surface area contributed by atoms with Crippen molar-refractivity contribution in [1.29, 1.82) is 0 Å². The van der Waals surface area contributed by atoms with Gasteiger partial charge in [0.15, 0.2) is 13.2 Å². The Labute approximate surface area is 161 Å². The van der Waals surface area contributed by atoms with Gasteiger partial charge in [-0.2, -0.15) is 0 Å². The van der Waals surface area contributed by atoms with Crippen LogP contribution >= 0.6 is 0 Å². The second-order valence-corrected chi connectivity index (χ2v) is 5.01. The van der Waals surface area contributed by atoms with Crippen LogP contribution in [-0.2, 0) is 9.47 Å². The average molecular weight is 377 g/mol. The Hall–Kier alpha value is -4.23. The van der Waals surface area contributed by atoms with Crippen LogP contribution in [0.5, 0.6) is 11.5 Å². The van der Waals surface area contributed by atoms with Crippen LogP contribution in [-0.4, -0.2) is 31.7 Å². The number of hydrogen-bond donors (Lipinski definition) is 0. The Morgan fingerprint density at radius 2 is 1.29 bits per heavy atom. The minimum atomic E-state index is -0.875. The molecule has 0 unspecified atom stereocenters. The fourth-order valence-electron chi connectivity index (χ4n) is 1.82. The van der Waals surface area contributed by atoms with E-state index in [1.807, 2.05) is 0 Å². The smallest absolute Gasteiger partial charge is 0.421 e. The van der Waals surface area contributed by atoms with E-state index in [-0.39, 0.29) is 13.2 Å². The van der Waals surface area contributed by atoms with E-state index in [1.54, 1.807) is 54.7 Å². The summed E-state index contributed by atoms with van der Waals surface area (Å²) in [7, 11) is 0. The Bertz CT molecular complexity index is 840. The van der Waals surface area contributed by atoms with Crippen molar-refractivity contribution in [3.63, 3.8) is 0 Å². The number of nitrogens with zero attached hydrogens (tertiary/aromatic N) is 1. The highest BCUT2D eigenvalue weighted by molar-refractivity contribution is 5.82. The van der Waals surface area contributed by atoms with E-state index < -0.39 is 12.3 Å². The van der Waals surface area contributed by atoms with Crippen LogP contribution < -0.4 is 9.47 Å². The average Bonchev–Trinajstić information content (AvgIpc) is 2.71. The van der Waals surface area contributed by atoms with Gasteiger partial charge in [-0.05, 0) is 54.1 Å². The monoisotopic (exact) mass is 377 g/mol. The van der Waals surface area contributed by atoms with Gasteiger partial charge in [0.25, 0.3) is 0 Å². The number of terminal acetylenes is 2. The van der Waals surface area contributed by atoms with Gasteiger partial charge < -0.3 is 18.9 Å². The maximum absolute atomic E-state index is 11.3. The molecule has 0 aliphatic heterocycles. The molecule has 2 aromatic rings. The molecule has 0 bridgehead atoms. The predicted octanol–water partition coefficient (Wildman–Crippen LogP) is 3.73. The first kappa shape index (κ1) is 20.1. The van der Waals surface area contributed by atoms with Gasteiger partial charge in [-0.1, -0.05) is 11.8 Å². The normalized spacial score (nSPS) is 9.79. The lowest BCUT2D eigenvalue weighted by molar-refractivity contribution is 0.110. The van der Waals surface area contributed by atoms with E-state index in [2.05, 4.69) is 26.3 Å². The Balaban J connectivity index is 1.89. The fraction of sp³-hybridized carbons (Fsp3) is 0.0952. The lowest BCUT2D eigenvalue weighted by atomic mass is 10.2. The highest BCUT2D eigenvalue weighted by Gasteiger charge is 2.05. The van der Waals surface area contributed by atoms with Gasteiger partial charge in [0.1, 0.15) is 11.5 Å². The highest BCUT2D eigenvalue weighted by Crippen LogP contribution is 2.19.